The number of nitrogens with zero attached hydrogens (tertiary/aromatic N) is 1. The average molecular weight is 369 g/mol. The number of hydrogen-bond acceptors (Lipinski definition) is 4. The van der Waals surface area contributed by atoms with Gasteiger partial charge in [-0.05, 0) is 31.0 Å². The Morgan fingerprint density at radius 2 is 2.12 bits per heavy atom. The second kappa shape index (κ2) is 8.68. The van der Waals surface area contributed by atoms with Gasteiger partial charge in [-0.3, -0.25) is 9.59 Å². The zero-order chi connectivity index (χ0) is 18.4. The van der Waals surface area contributed by atoms with Crippen LogP contribution < -0.4 is 16.4 Å². The zero-order valence-corrected chi connectivity index (χ0v) is 14.6. The van der Waals surface area contributed by atoms with E-state index in [-0.39, 0.29) is 31.0 Å². The van der Waals surface area contributed by atoms with E-state index < -0.39 is 5.91 Å². The second-order valence-corrected chi connectivity index (χ2v) is 6.20. The van der Waals surface area contributed by atoms with Gasteiger partial charge in [-0.15, -0.1) is 0 Å². The Morgan fingerprint density at radius 1 is 1.36 bits per heavy atom. The number of likely N-dealkylation sites (tertiary alicyclic amines) is 1. The van der Waals surface area contributed by atoms with Crippen molar-refractivity contribution >= 4 is 40.8 Å². The van der Waals surface area contributed by atoms with Crippen LogP contribution in [-0.2, 0) is 14.3 Å². The molecule has 1 fully saturated rings. The lowest BCUT2D eigenvalue weighted by Gasteiger charge is -2.31. The first-order chi connectivity index (χ1) is 11.9. The molecule has 1 aliphatic heterocycles. The monoisotopic (exact) mass is 368 g/mol. The molecule has 0 radical (unpaired) electrons. The normalized spacial score (nSPS) is 17.0. The Morgan fingerprint density at radius 3 is 2.80 bits per heavy atom. The number of hydrogen-bond donors (Lipinski definition) is 3. The molecule has 1 unspecified atom stereocenters. The summed E-state index contributed by atoms with van der Waals surface area (Å²) < 4.78 is 4.75. The summed E-state index contributed by atoms with van der Waals surface area (Å²) in [6, 6.07) is 4.38. The molecule has 0 aromatic heterocycles. The van der Waals surface area contributed by atoms with Gasteiger partial charge in [0, 0.05) is 25.9 Å². The van der Waals surface area contributed by atoms with E-state index >= 15 is 0 Å². The molecule has 9 heteroatoms. The van der Waals surface area contributed by atoms with Crippen molar-refractivity contribution in [2.24, 2.45) is 11.7 Å². The van der Waals surface area contributed by atoms with Gasteiger partial charge in [-0.2, -0.15) is 0 Å². The lowest BCUT2D eigenvalue weighted by molar-refractivity contribution is -0.123. The van der Waals surface area contributed by atoms with Crippen LogP contribution in [0, 0.1) is 5.92 Å². The Labute approximate surface area is 150 Å². The summed E-state index contributed by atoms with van der Waals surface area (Å²) in [7, 11) is 1.42. The number of urea groups is 1. The number of primary amides is 1. The highest BCUT2D eigenvalue weighted by Gasteiger charge is 2.27. The Bertz CT molecular complexity index is 668. The Hall–Kier alpha value is -2.32. The molecule has 4 N–H and O–H groups in total. The van der Waals surface area contributed by atoms with E-state index in [2.05, 4.69) is 10.6 Å². The number of methoxy groups -OCH3 is 1. The lowest BCUT2D eigenvalue weighted by atomic mass is 9.98. The molecule has 0 aliphatic carbocycles. The van der Waals surface area contributed by atoms with Crippen LogP contribution >= 0.6 is 11.6 Å². The number of halogens is 1. The number of nitrogens with one attached hydrogen (secondary N) is 2. The van der Waals surface area contributed by atoms with Crippen LogP contribution in [0.15, 0.2) is 18.2 Å². The number of carbonyl (C=O) groups is 3. The largest absolute Gasteiger partial charge is 0.375 e. The fourth-order valence-corrected chi connectivity index (χ4v) is 2.78. The van der Waals surface area contributed by atoms with Gasteiger partial charge in [-0.1, -0.05) is 11.6 Å². The summed E-state index contributed by atoms with van der Waals surface area (Å²) in [4.78, 5) is 36.9. The molecule has 25 heavy (non-hydrogen) atoms. The van der Waals surface area contributed by atoms with Crippen molar-refractivity contribution in [1.29, 1.82) is 0 Å². The molecule has 0 spiro atoms. The molecule has 0 bridgehead atoms. The number of carbonyl (C=O) groups excluding carboxylic acids is 3. The lowest BCUT2D eigenvalue weighted by Crippen LogP contribution is -2.45. The van der Waals surface area contributed by atoms with Crippen molar-refractivity contribution in [2.75, 3.05) is 37.4 Å². The molecular weight excluding hydrogens is 348 g/mol. The van der Waals surface area contributed by atoms with E-state index in [0.29, 0.717) is 35.8 Å². The highest BCUT2D eigenvalue weighted by Crippen LogP contribution is 2.26. The molecule has 0 saturated carbocycles. The maximum atomic E-state index is 12.4. The van der Waals surface area contributed by atoms with Crippen molar-refractivity contribution in [2.45, 2.75) is 12.8 Å². The van der Waals surface area contributed by atoms with Crippen LogP contribution in [-0.4, -0.2) is 49.6 Å². The number of benzene rings is 1. The summed E-state index contributed by atoms with van der Waals surface area (Å²) >= 11 is 6.11. The third-order valence-electron chi connectivity index (χ3n) is 3.88. The van der Waals surface area contributed by atoms with E-state index in [1.165, 1.54) is 12.0 Å². The number of nitrogens with two attached hydrogens (primary N) is 1. The molecule has 8 nitrogen and oxygen atoms in total. The summed E-state index contributed by atoms with van der Waals surface area (Å²) in [6.07, 6.45) is 1.39. The van der Waals surface area contributed by atoms with Crippen molar-refractivity contribution in [1.82, 2.24) is 4.90 Å². The van der Waals surface area contributed by atoms with Crippen LogP contribution in [0.2, 0.25) is 5.02 Å². The average Bonchev–Trinajstić information content (AvgIpc) is 2.58. The van der Waals surface area contributed by atoms with Gasteiger partial charge in [-0.25, -0.2) is 4.79 Å². The first-order valence-electron chi connectivity index (χ1n) is 7.84. The first kappa shape index (κ1) is 19.0. The van der Waals surface area contributed by atoms with Crippen LogP contribution in [0.3, 0.4) is 0 Å². The van der Waals surface area contributed by atoms with Gasteiger partial charge in [0.2, 0.25) is 11.8 Å². The molecule has 2 rings (SSSR count). The molecule has 1 heterocycles. The van der Waals surface area contributed by atoms with Gasteiger partial charge in [0.05, 0.1) is 16.6 Å². The van der Waals surface area contributed by atoms with E-state index in [1.54, 1.807) is 18.2 Å². The summed E-state index contributed by atoms with van der Waals surface area (Å²) in [5.41, 5.74) is 6.17. The molecule has 4 amide bonds. The van der Waals surface area contributed by atoms with E-state index in [4.69, 9.17) is 22.1 Å². The Balaban J connectivity index is 2.04. The van der Waals surface area contributed by atoms with E-state index in [1.807, 2.05) is 0 Å². The predicted octanol–water partition coefficient (Wildman–Crippen LogP) is 1.65. The van der Waals surface area contributed by atoms with Gasteiger partial charge in [0.15, 0.2) is 0 Å². The first-order valence-corrected chi connectivity index (χ1v) is 8.22. The maximum Gasteiger partial charge on any atom is 0.321 e. The number of anilines is 2. The van der Waals surface area contributed by atoms with Crippen LogP contribution in [0.25, 0.3) is 0 Å². The minimum atomic E-state index is -0.404. The molecule has 1 aliphatic rings. The highest BCUT2D eigenvalue weighted by atomic mass is 35.5. The van der Waals surface area contributed by atoms with Gasteiger partial charge >= 0.3 is 6.03 Å². The van der Waals surface area contributed by atoms with Crippen LogP contribution in [0.1, 0.15) is 12.8 Å². The molecular formula is C16H21ClN4O4. The third-order valence-corrected chi connectivity index (χ3v) is 4.21. The molecule has 136 valence electrons. The van der Waals surface area contributed by atoms with Crippen LogP contribution in [0.4, 0.5) is 16.2 Å². The zero-order valence-electron chi connectivity index (χ0n) is 13.9. The van der Waals surface area contributed by atoms with Crippen LogP contribution in [0.5, 0.6) is 0 Å². The minimum absolute atomic E-state index is 0.0768. The highest BCUT2D eigenvalue weighted by molar-refractivity contribution is 6.33. The van der Waals surface area contributed by atoms with Crippen molar-refractivity contribution < 1.29 is 19.1 Å². The van der Waals surface area contributed by atoms with E-state index in [0.717, 1.165) is 0 Å². The number of amides is 4. The predicted molar refractivity (Wildman–Crippen MR) is 94.5 cm³/mol. The van der Waals surface area contributed by atoms with Crippen molar-refractivity contribution in [3.05, 3.63) is 23.2 Å². The smallest absolute Gasteiger partial charge is 0.321 e. The Kier molecular flexibility index (Phi) is 6.60. The summed E-state index contributed by atoms with van der Waals surface area (Å²) in [6.45, 7) is 0.743. The standard InChI is InChI=1S/C16H21ClN4O4/c1-25-9-14(22)19-11-4-5-12(17)13(7-11)20-16(24)21-6-2-3-10(8-21)15(18)23/h4-5,7,10H,2-3,6,8-9H2,1H3,(H2,18,23)(H,19,22)(H,20,24). The quantitative estimate of drug-likeness (QED) is 0.733. The molecule has 1 saturated heterocycles. The minimum Gasteiger partial charge on any atom is -0.375 e. The number of piperidine rings is 1. The topological polar surface area (TPSA) is 114 Å². The second-order valence-electron chi connectivity index (χ2n) is 5.79. The summed E-state index contributed by atoms with van der Waals surface area (Å²) in [5.74, 6) is -1.06. The van der Waals surface area contributed by atoms with E-state index in [9.17, 15) is 14.4 Å². The van der Waals surface area contributed by atoms with Gasteiger partial charge in [0.1, 0.15) is 6.61 Å². The maximum absolute atomic E-state index is 12.4. The SMILES string of the molecule is COCC(=O)Nc1ccc(Cl)c(NC(=O)N2CCCC(C(N)=O)C2)c1. The number of rotatable bonds is 5. The van der Waals surface area contributed by atoms with Crippen molar-refractivity contribution in [3.8, 4) is 0 Å². The fourth-order valence-electron chi connectivity index (χ4n) is 2.62. The molecule has 1 aromatic rings. The molecule has 1 aromatic carbocycles. The number of ether oxygens (including phenoxy) is 1. The summed E-state index contributed by atoms with van der Waals surface area (Å²) in [5, 5.41) is 5.68. The fraction of sp³-hybridized carbons (Fsp3) is 0.438. The van der Waals surface area contributed by atoms with Gasteiger partial charge < -0.3 is 26.0 Å². The molecule has 1 atom stereocenters. The third kappa shape index (κ3) is 5.33. The van der Waals surface area contributed by atoms with Gasteiger partial charge in [0.25, 0.3) is 0 Å². The van der Waals surface area contributed by atoms with Crippen molar-refractivity contribution in [3.63, 3.8) is 0 Å².